The van der Waals surface area contributed by atoms with Crippen molar-refractivity contribution >= 4 is 0 Å². The van der Waals surface area contributed by atoms with E-state index in [0.29, 0.717) is 23.1 Å². The minimum atomic E-state index is 0.346. The Balaban J connectivity index is 1.95. The molecule has 2 unspecified atom stereocenters. The van der Waals surface area contributed by atoms with Crippen LogP contribution in [-0.4, -0.2) is 6.04 Å². The molecule has 0 bridgehead atoms. The van der Waals surface area contributed by atoms with Crippen molar-refractivity contribution in [2.75, 3.05) is 0 Å². The third-order valence-corrected chi connectivity index (χ3v) is 4.19. The topological polar surface area (TPSA) is 49.0 Å². The molecular weight excluding hydrogens is 236 g/mol. The Bertz CT molecular complexity index is 450. The van der Waals surface area contributed by atoms with Gasteiger partial charge in [0.05, 0.1) is 6.54 Å². The first-order chi connectivity index (χ1) is 9.00. The average molecular weight is 260 g/mol. The van der Waals surface area contributed by atoms with E-state index in [2.05, 4.69) is 26.1 Å². The fourth-order valence-corrected chi connectivity index (χ4v) is 3.18. The number of nitrogens with zero attached hydrogens (tertiary/aromatic N) is 1. The summed E-state index contributed by atoms with van der Waals surface area (Å²) < 4.78 is 5.42. The highest BCUT2D eigenvalue weighted by molar-refractivity contribution is 5.19. The number of furan rings is 1. The molecule has 0 aliphatic heterocycles. The molecule has 1 saturated carbocycles. The molecule has 1 N–H and O–H groups in total. The van der Waals surface area contributed by atoms with Crippen LogP contribution in [0.3, 0.4) is 0 Å². The van der Waals surface area contributed by atoms with E-state index >= 15 is 0 Å². The smallest absolute Gasteiger partial charge is 0.203 e. The predicted octanol–water partition coefficient (Wildman–Crippen LogP) is 3.85. The van der Waals surface area contributed by atoms with E-state index in [1.54, 1.807) is 6.07 Å². The zero-order valence-electron chi connectivity index (χ0n) is 12.2. The molecule has 1 fully saturated rings. The number of hydrogen-bond acceptors (Lipinski definition) is 3. The lowest BCUT2D eigenvalue weighted by Crippen LogP contribution is -2.43. The van der Waals surface area contributed by atoms with Crippen LogP contribution in [-0.2, 0) is 6.54 Å². The summed E-state index contributed by atoms with van der Waals surface area (Å²) in [6.45, 7) is 7.72. The summed E-state index contributed by atoms with van der Waals surface area (Å²) in [5, 5.41) is 12.4. The third-order valence-electron chi connectivity index (χ3n) is 4.19. The molecule has 2 rings (SSSR count). The van der Waals surface area contributed by atoms with Crippen LogP contribution in [0.5, 0.6) is 0 Å². The molecule has 1 heterocycles. The summed E-state index contributed by atoms with van der Waals surface area (Å²) >= 11 is 0. The normalized spacial score (nSPS) is 24.1. The zero-order valence-corrected chi connectivity index (χ0v) is 12.2. The summed E-state index contributed by atoms with van der Waals surface area (Å²) in [6, 6.07) is 6.21. The SMILES string of the molecule is CC(C)(C)C1CCCCC1NCc1ccc(C#N)o1. The molecule has 1 aliphatic carbocycles. The summed E-state index contributed by atoms with van der Waals surface area (Å²) in [4.78, 5) is 0. The van der Waals surface area contributed by atoms with Gasteiger partial charge < -0.3 is 9.73 Å². The molecule has 0 radical (unpaired) electrons. The quantitative estimate of drug-likeness (QED) is 0.898. The molecule has 19 heavy (non-hydrogen) atoms. The first kappa shape index (κ1) is 14.1. The molecule has 3 nitrogen and oxygen atoms in total. The van der Waals surface area contributed by atoms with E-state index in [1.165, 1.54) is 25.7 Å². The van der Waals surface area contributed by atoms with Crippen molar-refractivity contribution in [2.45, 2.75) is 59.0 Å². The monoisotopic (exact) mass is 260 g/mol. The van der Waals surface area contributed by atoms with E-state index in [0.717, 1.165) is 12.3 Å². The Kier molecular flexibility index (Phi) is 4.31. The number of hydrogen-bond donors (Lipinski definition) is 1. The van der Waals surface area contributed by atoms with Crippen LogP contribution in [0, 0.1) is 22.7 Å². The van der Waals surface area contributed by atoms with E-state index in [1.807, 2.05) is 12.1 Å². The Morgan fingerprint density at radius 3 is 2.68 bits per heavy atom. The zero-order chi connectivity index (χ0) is 13.9. The predicted molar refractivity (Wildman–Crippen MR) is 75.5 cm³/mol. The fraction of sp³-hybridized carbons (Fsp3) is 0.688. The highest BCUT2D eigenvalue weighted by Crippen LogP contribution is 2.38. The Morgan fingerprint density at radius 2 is 2.05 bits per heavy atom. The van der Waals surface area contributed by atoms with Crippen LogP contribution in [0.2, 0.25) is 0 Å². The van der Waals surface area contributed by atoms with Gasteiger partial charge in [0.1, 0.15) is 11.8 Å². The summed E-state index contributed by atoms with van der Waals surface area (Å²) in [7, 11) is 0. The standard InChI is InChI=1S/C16H24N2O/c1-16(2,3)14-6-4-5-7-15(14)18-11-13-9-8-12(10-17)19-13/h8-9,14-15,18H,4-7,11H2,1-3H3. The van der Waals surface area contributed by atoms with Gasteiger partial charge in [-0.25, -0.2) is 0 Å². The van der Waals surface area contributed by atoms with Gasteiger partial charge in [0.2, 0.25) is 5.76 Å². The van der Waals surface area contributed by atoms with E-state index in [-0.39, 0.29) is 0 Å². The Hall–Kier alpha value is -1.27. The summed E-state index contributed by atoms with van der Waals surface area (Å²) in [5.41, 5.74) is 0.346. The largest absolute Gasteiger partial charge is 0.449 e. The van der Waals surface area contributed by atoms with Gasteiger partial charge in [-0.05, 0) is 36.3 Å². The van der Waals surface area contributed by atoms with Gasteiger partial charge in [0.15, 0.2) is 0 Å². The highest BCUT2D eigenvalue weighted by atomic mass is 16.3. The molecule has 2 atom stereocenters. The lowest BCUT2D eigenvalue weighted by atomic mass is 9.69. The molecule has 1 aliphatic rings. The number of nitrogens with one attached hydrogen (secondary N) is 1. The maximum atomic E-state index is 8.75. The van der Waals surface area contributed by atoms with Crippen molar-refractivity contribution in [3.8, 4) is 6.07 Å². The molecule has 0 aromatic carbocycles. The van der Waals surface area contributed by atoms with Crippen molar-refractivity contribution in [1.82, 2.24) is 5.32 Å². The van der Waals surface area contributed by atoms with Gasteiger partial charge in [-0.3, -0.25) is 0 Å². The van der Waals surface area contributed by atoms with Gasteiger partial charge in [0.25, 0.3) is 0 Å². The van der Waals surface area contributed by atoms with Crippen molar-refractivity contribution in [2.24, 2.45) is 11.3 Å². The summed E-state index contributed by atoms with van der Waals surface area (Å²) in [6.07, 6.45) is 5.21. The molecule has 1 aromatic rings. The maximum absolute atomic E-state index is 8.75. The number of nitriles is 1. The molecule has 3 heteroatoms. The van der Waals surface area contributed by atoms with Crippen molar-refractivity contribution in [3.05, 3.63) is 23.7 Å². The van der Waals surface area contributed by atoms with Gasteiger partial charge in [-0.1, -0.05) is 33.6 Å². The van der Waals surface area contributed by atoms with Crippen molar-refractivity contribution < 1.29 is 4.42 Å². The van der Waals surface area contributed by atoms with Crippen molar-refractivity contribution in [3.63, 3.8) is 0 Å². The molecule has 0 amide bonds. The van der Waals surface area contributed by atoms with Gasteiger partial charge >= 0.3 is 0 Å². The van der Waals surface area contributed by atoms with Crippen LogP contribution in [0.1, 0.15) is 58.0 Å². The number of rotatable bonds is 3. The van der Waals surface area contributed by atoms with Gasteiger partial charge in [-0.15, -0.1) is 0 Å². The van der Waals surface area contributed by atoms with Crippen LogP contribution in [0.15, 0.2) is 16.5 Å². The molecule has 0 saturated heterocycles. The second-order valence-corrected chi connectivity index (χ2v) is 6.62. The van der Waals surface area contributed by atoms with Crippen LogP contribution in [0.4, 0.5) is 0 Å². The first-order valence-electron chi connectivity index (χ1n) is 7.23. The second kappa shape index (κ2) is 5.79. The summed E-state index contributed by atoms with van der Waals surface area (Å²) in [5.74, 6) is 1.97. The molecular formula is C16H24N2O. The van der Waals surface area contributed by atoms with E-state index < -0.39 is 0 Å². The van der Waals surface area contributed by atoms with Crippen LogP contribution in [0.25, 0.3) is 0 Å². The third kappa shape index (κ3) is 3.61. The Morgan fingerprint density at radius 1 is 1.32 bits per heavy atom. The van der Waals surface area contributed by atoms with E-state index in [4.69, 9.17) is 9.68 Å². The second-order valence-electron chi connectivity index (χ2n) is 6.62. The van der Waals surface area contributed by atoms with Crippen LogP contribution < -0.4 is 5.32 Å². The minimum absolute atomic E-state index is 0.346. The lowest BCUT2D eigenvalue weighted by Gasteiger charge is -2.40. The van der Waals surface area contributed by atoms with E-state index in [9.17, 15) is 0 Å². The highest BCUT2D eigenvalue weighted by Gasteiger charge is 2.33. The minimum Gasteiger partial charge on any atom is -0.449 e. The first-order valence-corrected chi connectivity index (χ1v) is 7.23. The van der Waals surface area contributed by atoms with Gasteiger partial charge in [0, 0.05) is 6.04 Å². The maximum Gasteiger partial charge on any atom is 0.203 e. The lowest BCUT2D eigenvalue weighted by molar-refractivity contribution is 0.128. The molecule has 104 valence electrons. The van der Waals surface area contributed by atoms with Crippen LogP contribution >= 0.6 is 0 Å². The van der Waals surface area contributed by atoms with Gasteiger partial charge in [-0.2, -0.15) is 5.26 Å². The molecule has 1 aromatic heterocycles. The van der Waals surface area contributed by atoms with Crippen molar-refractivity contribution in [1.29, 1.82) is 5.26 Å². The Labute approximate surface area is 116 Å². The fourth-order valence-electron chi connectivity index (χ4n) is 3.18. The molecule has 0 spiro atoms. The average Bonchev–Trinajstić information content (AvgIpc) is 2.83.